The van der Waals surface area contributed by atoms with Crippen molar-refractivity contribution in [2.24, 2.45) is 20.5 Å². The van der Waals surface area contributed by atoms with Gasteiger partial charge in [0.2, 0.25) is 0 Å². The molecule has 8 N–H and O–H groups in total. The van der Waals surface area contributed by atoms with Crippen molar-refractivity contribution in [1.82, 2.24) is 0 Å². The highest BCUT2D eigenvalue weighted by molar-refractivity contribution is 7.94. The van der Waals surface area contributed by atoms with Gasteiger partial charge in [-0.3, -0.25) is 13.7 Å². The van der Waals surface area contributed by atoms with E-state index in [1.165, 1.54) is 30.6 Å². The smallest absolute Gasteiger partial charge is 0.397 e. The number of ether oxygens (including phenoxy) is 1. The van der Waals surface area contributed by atoms with Gasteiger partial charge in [0.05, 0.1) is 53.3 Å². The number of aromatic nitrogens is 1. The summed E-state index contributed by atoms with van der Waals surface area (Å²) < 4.78 is 140. The van der Waals surface area contributed by atoms with Gasteiger partial charge in [0, 0.05) is 23.1 Å². The van der Waals surface area contributed by atoms with E-state index >= 15 is 0 Å². The number of hydrogen-bond donors (Lipinski definition) is 6. The fourth-order valence-electron chi connectivity index (χ4n) is 4.40. The van der Waals surface area contributed by atoms with Crippen molar-refractivity contribution in [1.29, 1.82) is 0 Å². The Morgan fingerprint density at radius 2 is 1.38 bits per heavy atom. The Balaban J connectivity index is 1.59. The molecule has 1 heterocycles. The first-order valence-corrected chi connectivity index (χ1v) is 22.0. The van der Waals surface area contributed by atoms with E-state index in [9.17, 15) is 47.6 Å². The van der Waals surface area contributed by atoms with Crippen molar-refractivity contribution >= 4 is 92.6 Å². The summed E-state index contributed by atoms with van der Waals surface area (Å²) in [4.78, 5) is 14.0. The van der Waals surface area contributed by atoms with Gasteiger partial charge in [-0.2, -0.15) is 29.6 Å². The van der Waals surface area contributed by atoms with Crippen molar-refractivity contribution < 1.29 is 79.9 Å². The maximum atomic E-state index is 12.6. The second-order valence-corrected chi connectivity index (χ2v) is 17.8. The number of carboxylic acids is 1. The maximum absolute atomic E-state index is 12.6. The average molecular weight is 909 g/mol. The Kier molecular flexibility index (Phi) is 14.6. The third kappa shape index (κ3) is 12.4. The van der Waals surface area contributed by atoms with Gasteiger partial charge in [-0.1, -0.05) is 0 Å². The lowest BCUT2D eigenvalue weighted by molar-refractivity contribution is -0.700. The van der Waals surface area contributed by atoms with Crippen LogP contribution in [0.25, 0.3) is 0 Å². The summed E-state index contributed by atoms with van der Waals surface area (Å²) in [5.74, 6) is -2.17. The molecule has 0 unspecified atom stereocenters. The molecule has 312 valence electrons. The summed E-state index contributed by atoms with van der Waals surface area (Å²) in [7, 11) is -18.1. The zero-order chi connectivity index (χ0) is 43.1. The second-order valence-electron chi connectivity index (χ2n) is 11.1. The summed E-state index contributed by atoms with van der Waals surface area (Å²) >= 11 is 0.558. The molecule has 0 saturated carbocycles. The molecule has 58 heavy (non-hydrogen) atoms. The normalized spacial score (nSPS) is 12.7. The number of anilines is 2. The number of sulfone groups is 1. The molecule has 0 atom stereocenters. The minimum absolute atomic E-state index is 0.0119. The fraction of sp³-hybridized carbons (Fsp3) is 0.172. The van der Waals surface area contributed by atoms with Gasteiger partial charge in [-0.15, -0.1) is 20.5 Å². The monoisotopic (exact) mass is 908 g/mol. The van der Waals surface area contributed by atoms with E-state index in [1.807, 2.05) is 0 Å². The third-order valence-corrected chi connectivity index (χ3v) is 11.7. The van der Waals surface area contributed by atoms with Crippen LogP contribution in [0.4, 0.5) is 34.1 Å². The topological polar surface area (TPSA) is 377 Å². The molecule has 29 heteroatoms. The highest BCUT2D eigenvalue weighted by atomic mass is 32.3. The van der Waals surface area contributed by atoms with Gasteiger partial charge in [-0.05, 0) is 36.4 Å². The van der Waals surface area contributed by atoms with E-state index in [2.05, 4.69) is 24.6 Å². The Morgan fingerprint density at radius 1 is 0.759 bits per heavy atom. The summed E-state index contributed by atoms with van der Waals surface area (Å²) in [6.45, 7) is -0.665. The first-order valence-electron chi connectivity index (χ1n) is 15.4. The van der Waals surface area contributed by atoms with Crippen LogP contribution in [0.5, 0.6) is 5.75 Å². The number of methoxy groups -OCH3 is 1. The number of pyridine rings is 1. The van der Waals surface area contributed by atoms with Crippen LogP contribution in [-0.2, 0) is 60.4 Å². The van der Waals surface area contributed by atoms with Crippen LogP contribution in [0.1, 0.15) is 10.4 Å². The number of aromatic carboxylic acids is 1. The lowest BCUT2D eigenvalue weighted by Crippen LogP contribution is -2.35. The van der Waals surface area contributed by atoms with Crippen LogP contribution >= 0.6 is 12.0 Å². The van der Waals surface area contributed by atoms with Crippen molar-refractivity contribution in [2.75, 3.05) is 37.5 Å². The number of azo groups is 2. The van der Waals surface area contributed by atoms with Crippen molar-refractivity contribution in [3.05, 3.63) is 72.6 Å². The Labute approximate surface area is 333 Å². The SMILES string of the molecule is COc1cc(S(=O)(=O)CCOS(=O)(=O)O)ccc1N=Nc1c(N)c(N=Nc2ccc(SOOCC[n+]3ccc(C(=O)O)cc3)cc2S(=O)(=O)O)cc(S(=O)(=O)O)c1N. The molecule has 0 aliphatic heterocycles. The zero-order valence-electron chi connectivity index (χ0n) is 29.2. The molecule has 0 spiro atoms. The largest absolute Gasteiger partial charge is 0.494 e. The molecule has 4 aromatic rings. The van der Waals surface area contributed by atoms with Gasteiger partial charge in [0.15, 0.2) is 28.8 Å². The van der Waals surface area contributed by atoms with Crippen molar-refractivity contribution in [3.8, 4) is 5.75 Å². The second kappa shape index (κ2) is 18.6. The van der Waals surface area contributed by atoms with Gasteiger partial charge >= 0.3 is 16.4 Å². The molecule has 0 fully saturated rings. The molecule has 0 aliphatic rings. The number of carbonyl (C=O) groups is 1. The van der Waals surface area contributed by atoms with E-state index in [0.29, 0.717) is 18.1 Å². The lowest BCUT2D eigenvalue weighted by atomic mass is 10.2. The van der Waals surface area contributed by atoms with Crippen molar-refractivity contribution in [3.63, 3.8) is 0 Å². The number of nitrogen functional groups attached to an aromatic ring is 2. The summed E-state index contributed by atoms with van der Waals surface area (Å²) in [6.07, 6.45) is 3.02. The predicted octanol–water partition coefficient (Wildman–Crippen LogP) is 3.42. The van der Waals surface area contributed by atoms with Crippen LogP contribution in [0.15, 0.2) is 107 Å². The first kappa shape index (κ1) is 45.5. The number of hydrogen-bond acceptors (Lipinski definition) is 20. The maximum Gasteiger partial charge on any atom is 0.397 e. The number of nitrogens with zero attached hydrogens (tertiary/aromatic N) is 5. The zero-order valence-corrected chi connectivity index (χ0v) is 33.3. The third-order valence-electron chi connectivity index (χ3n) is 7.17. The van der Waals surface area contributed by atoms with Gasteiger partial charge in [0.25, 0.3) is 20.2 Å². The minimum atomic E-state index is -5.11. The van der Waals surface area contributed by atoms with Gasteiger partial charge in [0.1, 0.15) is 44.9 Å². The van der Waals surface area contributed by atoms with Crippen molar-refractivity contribution in [2.45, 2.75) is 26.1 Å². The number of carboxylic acid groups (broad SMARTS) is 1. The molecule has 24 nitrogen and oxygen atoms in total. The standard InChI is InChI=1S/C29H29N7O17S5/c1-50-23-15-19(55(39,40)13-12-52-58(47,48)49)3-5-20(23)32-35-28-26(30)22(16-25(27(28)31)57(44,45)46)34-33-21-4-2-18(14-24(21)56(41,42)43)54-53-51-11-10-36-8-6-17(7-9-36)29(37)38/h2-9,14-16H,10-13H2,1H3,(H7-,30,31,32,33,37,38,41,42,43,44,45,46,47,48,49)/p+1. The van der Waals surface area contributed by atoms with E-state index in [0.717, 1.165) is 37.4 Å². The Hall–Kier alpha value is -5.21. The molecule has 3 aromatic carbocycles. The van der Waals surface area contributed by atoms with E-state index in [1.54, 1.807) is 4.57 Å². The Bertz CT molecular complexity index is 2710. The number of nitrogens with two attached hydrogens (primary N) is 2. The number of benzene rings is 3. The van der Waals surface area contributed by atoms with Gasteiger partial charge in [-0.25, -0.2) is 26.9 Å². The molecule has 0 bridgehead atoms. The molecule has 0 radical (unpaired) electrons. The van der Waals surface area contributed by atoms with Crippen LogP contribution in [-0.4, -0.2) is 84.5 Å². The molecule has 0 aliphatic carbocycles. The van der Waals surface area contributed by atoms with Crippen LogP contribution in [0.2, 0.25) is 0 Å². The minimum Gasteiger partial charge on any atom is -0.494 e. The van der Waals surface area contributed by atoms with Crippen LogP contribution in [0.3, 0.4) is 0 Å². The van der Waals surface area contributed by atoms with E-state index < -0.39 is 97.0 Å². The predicted molar refractivity (Wildman–Crippen MR) is 199 cm³/mol. The molecular formula is C29H30N7O17S5+. The first-order chi connectivity index (χ1) is 27.0. The molecule has 4 rings (SSSR count). The average Bonchev–Trinajstić information content (AvgIpc) is 3.13. The quantitative estimate of drug-likeness (QED) is 0.0115. The Morgan fingerprint density at radius 3 is 1.98 bits per heavy atom. The summed E-state index contributed by atoms with van der Waals surface area (Å²) in [6, 6.07) is 9.90. The van der Waals surface area contributed by atoms with Crippen LogP contribution in [0, 0.1) is 0 Å². The molecule has 0 saturated heterocycles. The summed E-state index contributed by atoms with van der Waals surface area (Å²) in [5.41, 5.74) is 9.19. The van der Waals surface area contributed by atoms with E-state index in [4.69, 9.17) is 35.1 Å². The summed E-state index contributed by atoms with van der Waals surface area (Å²) in [5, 5.41) is 24.3. The van der Waals surface area contributed by atoms with Gasteiger partial charge < -0.3 is 21.3 Å². The highest BCUT2D eigenvalue weighted by Gasteiger charge is 2.24. The molecule has 0 amide bonds. The number of rotatable bonds is 19. The lowest BCUT2D eigenvalue weighted by Gasteiger charge is -2.11. The fourth-order valence-corrected chi connectivity index (χ4v) is 7.75. The van der Waals surface area contributed by atoms with Crippen LogP contribution < -0.4 is 20.8 Å². The highest BCUT2D eigenvalue weighted by Crippen LogP contribution is 2.44. The molecule has 1 aromatic heterocycles. The van der Waals surface area contributed by atoms with E-state index in [-0.39, 0.29) is 39.9 Å². The molecular weight excluding hydrogens is 879 g/mol.